The first-order valence-electron chi connectivity index (χ1n) is 4.73. The highest BCUT2D eigenvalue weighted by Gasteiger charge is 2.36. The lowest BCUT2D eigenvalue weighted by Gasteiger charge is -2.33. The van der Waals surface area contributed by atoms with Crippen molar-refractivity contribution < 1.29 is 9.53 Å². The summed E-state index contributed by atoms with van der Waals surface area (Å²) in [6.07, 6.45) is -0.268. The summed E-state index contributed by atoms with van der Waals surface area (Å²) < 4.78 is 5.48. The first-order chi connectivity index (χ1) is 6.77. The van der Waals surface area contributed by atoms with Crippen LogP contribution >= 0.6 is 0 Å². The van der Waals surface area contributed by atoms with Crippen LogP contribution in [0.3, 0.4) is 0 Å². The van der Waals surface area contributed by atoms with Crippen molar-refractivity contribution >= 4 is 5.91 Å². The van der Waals surface area contributed by atoms with Gasteiger partial charge in [-0.15, -0.1) is 0 Å². The Hall–Kier alpha value is -1.35. The third kappa shape index (κ3) is 1.77. The van der Waals surface area contributed by atoms with Crippen molar-refractivity contribution in [3.05, 3.63) is 35.9 Å². The molecular weight excluding hydrogens is 178 g/mol. The number of carbonyl (C=O) groups is 1. The van der Waals surface area contributed by atoms with E-state index in [2.05, 4.69) is 5.32 Å². The first-order valence-corrected chi connectivity index (χ1v) is 4.73. The molecule has 1 amide bonds. The molecule has 3 nitrogen and oxygen atoms in total. The van der Waals surface area contributed by atoms with E-state index in [1.165, 1.54) is 0 Å². The largest absolute Gasteiger partial charge is 0.362 e. The van der Waals surface area contributed by atoms with Crippen LogP contribution in [-0.4, -0.2) is 18.1 Å². The molecule has 0 spiro atoms. The van der Waals surface area contributed by atoms with Crippen LogP contribution in [0.15, 0.2) is 30.3 Å². The number of benzene rings is 1. The molecule has 1 aromatic carbocycles. The molecule has 1 N–H and O–H groups in total. The third-order valence-electron chi connectivity index (χ3n) is 2.35. The van der Waals surface area contributed by atoms with Crippen molar-refractivity contribution in [2.24, 2.45) is 0 Å². The number of amides is 1. The molecule has 2 rings (SSSR count). The molecule has 3 heteroatoms. The monoisotopic (exact) mass is 191 g/mol. The molecule has 1 heterocycles. The Morgan fingerprint density at radius 1 is 1.36 bits per heavy atom. The van der Waals surface area contributed by atoms with E-state index in [1.54, 1.807) is 0 Å². The molecule has 2 atom stereocenters. The van der Waals surface area contributed by atoms with Gasteiger partial charge in [-0.3, -0.25) is 4.79 Å². The number of ether oxygens (including phenoxy) is 1. The molecule has 0 aliphatic carbocycles. The van der Waals surface area contributed by atoms with Gasteiger partial charge in [0.2, 0.25) is 0 Å². The highest BCUT2D eigenvalue weighted by Crippen LogP contribution is 2.12. The molecule has 1 aliphatic heterocycles. The van der Waals surface area contributed by atoms with Gasteiger partial charge in [0.25, 0.3) is 5.91 Å². The van der Waals surface area contributed by atoms with Gasteiger partial charge in [0.05, 0.1) is 12.6 Å². The van der Waals surface area contributed by atoms with Gasteiger partial charge in [-0.2, -0.15) is 0 Å². The lowest BCUT2D eigenvalue weighted by molar-refractivity contribution is -0.148. The third-order valence-corrected chi connectivity index (χ3v) is 2.35. The average Bonchev–Trinajstić information content (AvgIpc) is 2.19. The van der Waals surface area contributed by atoms with Gasteiger partial charge in [-0.25, -0.2) is 0 Å². The minimum absolute atomic E-state index is 0.00608. The van der Waals surface area contributed by atoms with Crippen molar-refractivity contribution in [3.63, 3.8) is 0 Å². The van der Waals surface area contributed by atoms with Gasteiger partial charge >= 0.3 is 0 Å². The zero-order valence-electron chi connectivity index (χ0n) is 8.07. The second-order valence-corrected chi connectivity index (χ2v) is 3.51. The first kappa shape index (κ1) is 9.21. The molecule has 0 saturated carbocycles. The van der Waals surface area contributed by atoms with Gasteiger partial charge < -0.3 is 10.1 Å². The Morgan fingerprint density at radius 2 is 2.07 bits per heavy atom. The van der Waals surface area contributed by atoms with E-state index in [-0.39, 0.29) is 18.1 Å². The van der Waals surface area contributed by atoms with Crippen LogP contribution in [0.25, 0.3) is 0 Å². The summed E-state index contributed by atoms with van der Waals surface area (Å²) >= 11 is 0. The van der Waals surface area contributed by atoms with Crippen LogP contribution in [0, 0.1) is 0 Å². The normalized spacial score (nSPS) is 25.4. The fourth-order valence-electron chi connectivity index (χ4n) is 1.49. The molecule has 1 aliphatic rings. The number of carbonyl (C=O) groups excluding carboxylic acids is 1. The predicted molar refractivity (Wildman–Crippen MR) is 52.6 cm³/mol. The second-order valence-electron chi connectivity index (χ2n) is 3.51. The quantitative estimate of drug-likeness (QED) is 0.726. The van der Waals surface area contributed by atoms with Crippen molar-refractivity contribution in [1.29, 1.82) is 0 Å². The molecule has 14 heavy (non-hydrogen) atoms. The standard InChI is InChI=1S/C11H13NO2/c1-8-10(11(13)12-8)14-7-9-5-3-2-4-6-9/h2-6,8,10H,7H2,1H3,(H,12,13)/t8-,10+/m0/s1. The highest BCUT2D eigenvalue weighted by molar-refractivity contribution is 5.88. The Kier molecular flexibility index (Phi) is 2.50. The number of β-lactam (4-membered cyclic amide) rings is 1. The van der Waals surface area contributed by atoms with Crippen LogP contribution in [0.4, 0.5) is 0 Å². The second kappa shape index (κ2) is 3.80. The molecule has 74 valence electrons. The zero-order chi connectivity index (χ0) is 9.97. The van der Waals surface area contributed by atoms with Crippen molar-refractivity contribution in [2.45, 2.75) is 25.7 Å². The minimum Gasteiger partial charge on any atom is -0.362 e. The summed E-state index contributed by atoms with van der Waals surface area (Å²) in [6, 6.07) is 10.0. The van der Waals surface area contributed by atoms with Gasteiger partial charge in [0.1, 0.15) is 0 Å². The molecule has 0 aromatic heterocycles. The Morgan fingerprint density at radius 3 is 2.64 bits per heavy atom. The number of hydrogen-bond acceptors (Lipinski definition) is 2. The lowest BCUT2D eigenvalue weighted by atomic mass is 10.0. The summed E-state index contributed by atoms with van der Waals surface area (Å²) in [4.78, 5) is 11.0. The summed E-state index contributed by atoms with van der Waals surface area (Å²) in [5, 5.41) is 2.73. The number of nitrogens with one attached hydrogen (secondary N) is 1. The molecule has 0 bridgehead atoms. The van der Waals surface area contributed by atoms with Crippen LogP contribution in [-0.2, 0) is 16.1 Å². The summed E-state index contributed by atoms with van der Waals surface area (Å²) in [6.45, 7) is 2.44. The predicted octanol–water partition coefficient (Wildman–Crippen LogP) is 1.09. The van der Waals surface area contributed by atoms with Crippen LogP contribution in [0.1, 0.15) is 12.5 Å². The van der Waals surface area contributed by atoms with E-state index in [0.29, 0.717) is 6.61 Å². The van der Waals surface area contributed by atoms with Crippen molar-refractivity contribution in [1.82, 2.24) is 5.32 Å². The molecular formula is C11H13NO2. The van der Waals surface area contributed by atoms with E-state index in [4.69, 9.17) is 4.74 Å². The zero-order valence-corrected chi connectivity index (χ0v) is 8.07. The van der Waals surface area contributed by atoms with E-state index < -0.39 is 0 Å². The van der Waals surface area contributed by atoms with E-state index in [9.17, 15) is 4.79 Å². The average molecular weight is 191 g/mol. The van der Waals surface area contributed by atoms with Crippen LogP contribution < -0.4 is 5.32 Å². The summed E-state index contributed by atoms with van der Waals surface area (Å²) in [7, 11) is 0. The maximum absolute atomic E-state index is 11.0. The van der Waals surface area contributed by atoms with Gasteiger partial charge in [0.15, 0.2) is 6.10 Å². The minimum atomic E-state index is -0.268. The van der Waals surface area contributed by atoms with Crippen molar-refractivity contribution in [2.75, 3.05) is 0 Å². The highest BCUT2D eigenvalue weighted by atomic mass is 16.5. The Balaban J connectivity index is 1.86. The molecule has 0 radical (unpaired) electrons. The fourth-order valence-corrected chi connectivity index (χ4v) is 1.49. The fraction of sp³-hybridized carbons (Fsp3) is 0.364. The van der Waals surface area contributed by atoms with Gasteiger partial charge in [0, 0.05) is 0 Å². The Bertz CT molecular complexity index is 323. The Labute approximate surface area is 83.1 Å². The SMILES string of the molecule is C[C@@H]1NC(=O)[C@@H]1OCc1ccccc1. The summed E-state index contributed by atoms with van der Waals surface area (Å²) in [5.74, 6) is -0.00608. The lowest BCUT2D eigenvalue weighted by Crippen LogP contribution is -2.61. The van der Waals surface area contributed by atoms with Crippen LogP contribution in [0.5, 0.6) is 0 Å². The van der Waals surface area contributed by atoms with Crippen molar-refractivity contribution in [3.8, 4) is 0 Å². The molecule has 1 fully saturated rings. The maximum Gasteiger partial charge on any atom is 0.251 e. The number of rotatable bonds is 3. The van der Waals surface area contributed by atoms with E-state index in [0.717, 1.165) is 5.56 Å². The molecule has 1 saturated heterocycles. The topological polar surface area (TPSA) is 38.3 Å². The molecule has 1 aromatic rings. The molecule has 0 unspecified atom stereocenters. The van der Waals surface area contributed by atoms with Gasteiger partial charge in [-0.05, 0) is 12.5 Å². The van der Waals surface area contributed by atoms with E-state index in [1.807, 2.05) is 37.3 Å². The smallest absolute Gasteiger partial charge is 0.251 e. The van der Waals surface area contributed by atoms with Gasteiger partial charge in [-0.1, -0.05) is 30.3 Å². The maximum atomic E-state index is 11.0. The summed E-state index contributed by atoms with van der Waals surface area (Å²) in [5.41, 5.74) is 1.10. The van der Waals surface area contributed by atoms with E-state index >= 15 is 0 Å². The van der Waals surface area contributed by atoms with Crippen LogP contribution in [0.2, 0.25) is 0 Å². The number of hydrogen-bond donors (Lipinski definition) is 1.